The van der Waals surface area contributed by atoms with E-state index in [2.05, 4.69) is 66.7 Å². The van der Waals surface area contributed by atoms with Crippen LogP contribution in [0.3, 0.4) is 0 Å². The van der Waals surface area contributed by atoms with Gasteiger partial charge in [-0.1, -0.05) is 115 Å². The predicted octanol–water partition coefficient (Wildman–Crippen LogP) is 12.0. The molecule has 6 heteroatoms. The van der Waals surface area contributed by atoms with E-state index < -0.39 is 0 Å². The quantitative estimate of drug-likeness (QED) is 0.186. The number of hydrogen-bond acceptors (Lipinski definition) is 6. The number of para-hydroxylation sites is 3. The standard InChI is InChI=1S/C46H26N4O2/c1-2-13-28(14-3-1)44-48-45(50-46(49-44)35-21-11-20-33-31-17-7-9-23-38(31)51-42(33)35)29-24-25-39-36(26-29)40-41(32-19-10-15-27-12-4-5-16-30(27)32)47-37-22-8-6-18-34(37)43(40)52-39/h1-26H. The minimum absolute atomic E-state index is 0.537. The Morgan fingerprint density at radius 3 is 1.90 bits per heavy atom. The highest BCUT2D eigenvalue weighted by molar-refractivity contribution is 6.21. The Morgan fingerprint density at radius 2 is 1.00 bits per heavy atom. The summed E-state index contributed by atoms with van der Waals surface area (Å²) in [4.78, 5) is 20.5. The van der Waals surface area contributed by atoms with E-state index in [1.807, 2.05) is 91.0 Å². The fourth-order valence-corrected chi connectivity index (χ4v) is 7.49. The minimum atomic E-state index is 0.537. The molecule has 0 N–H and O–H groups in total. The van der Waals surface area contributed by atoms with E-state index in [0.29, 0.717) is 17.5 Å². The molecule has 11 aromatic rings. The predicted molar refractivity (Wildman–Crippen MR) is 209 cm³/mol. The average molecular weight is 667 g/mol. The van der Waals surface area contributed by atoms with Crippen molar-refractivity contribution in [2.45, 2.75) is 0 Å². The van der Waals surface area contributed by atoms with Crippen LogP contribution in [-0.2, 0) is 0 Å². The SMILES string of the molecule is c1ccc(-c2nc(-c3ccc4oc5c6ccccc6nc(-c6cccc7ccccc67)c5c4c3)nc(-c3cccc4c3oc3ccccc34)n2)cc1. The van der Waals surface area contributed by atoms with E-state index >= 15 is 0 Å². The van der Waals surface area contributed by atoms with Gasteiger partial charge >= 0.3 is 0 Å². The maximum Gasteiger partial charge on any atom is 0.167 e. The number of rotatable bonds is 4. The molecule has 0 aliphatic heterocycles. The van der Waals surface area contributed by atoms with E-state index in [4.69, 9.17) is 28.8 Å². The second-order valence-corrected chi connectivity index (χ2v) is 13.0. The van der Waals surface area contributed by atoms with Crippen LogP contribution in [0.15, 0.2) is 167 Å². The molecule has 7 aromatic carbocycles. The maximum absolute atomic E-state index is 6.69. The number of furan rings is 2. The zero-order chi connectivity index (χ0) is 34.2. The highest BCUT2D eigenvalue weighted by Crippen LogP contribution is 2.43. The van der Waals surface area contributed by atoms with E-state index in [1.54, 1.807) is 0 Å². The minimum Gasteiger partial charge on any atom is -0.455 e. The lowest BCUT2D eigenvalue weighted by Crippen LogP contribution is -2.00. The van der Waals surface area contributed by atoms with E-state index in [-0.39, 0.29) is 0 Å². The fraction of sp³-hybridized carbons (Fsp3) is 0. The first-order valence-electron chi connectivity index (χ1n) is 17.2. The first-order chi connectivity index (χ1) is 25.8. The molecule has 52 heavy (non-hydrogen) atoms. The van der Waals surface area contributed by atoms with Crippen LogP contribution in [0.25, 0.3) is 111 Å². The molecule has 0 radical (unpaired) electrons. The highest BCUT2D eigenvalue weighted by atomic mass is 16.3. The van der Waals surface area contributed by atoms with Crippen LogP contribution in [0.2, 0.25) is 0 Å². The Balaban J connectivity index is 1.18. The lowest BCUT2D eigenvalue weighted by atomic mass is 9.97. The van der Waals surface area contributed by atoms with Gasteiger partial charge in [0.1, 0.15) is 22.3 Å². The number of pyridine rings is 1. The monoisotopic (exact) mass is 666 g/mol. The van der Waals surface area contributed by atoms with Gasteiger partial charge in [0.2, 0.25) is 0 Å². The van der Waals surface area contributed by atoms with Gasteiger partial charge in [0.05, 0.1) is 22.2 Å². The van der Waals surface area contributed by atoms with E-state index in [9.17, 15) is 0 Å². The van der Waals surface area contributed by atoms with Crippen molar-refractivity contribution < 1.29 is 8.83 Å². The molecule has 0 aliphatic rings. The molecule has 4 aromatic heterocycles. The number of aromatic nitrogens is 4. The van der Waals surface area contributed by atoms with Gasteiger partial charge < -0.3 is 8.83 Å². The third-order valence-corrected chi connectivity index (χ3v) is 9.92. The zero-order valence-electron chi connectivity index (χ0n) is 27.6. The number of fused-ring (bicyclic) bond motifs is 9. The van der Waals surface area contributed by atoms with Crippen LogP contribution in [0.1, 0.15) is 0 Å². The normalized spacial score (nSPS) is 11.8. The lowest BCUT2D eigenvalue weighted by Gasteiger charge is -2.10. The molecule has 0 saturated carbocycles. The summed E-state index contributed by atoms with van der Waals surface area (Å²) >= 11 is 0. The summed E-state index contributed by atoms with van der Waals surface area (Å²) in [6.45, 7) is 0. The molecule has 0 atom stereocenters. The molecule has 0 unspecified atom stereocenters. The Hall–Kier alpha value is -7.18. The molecule has 0 saturated heterocycles. The zero-order valence-corrected chi connectivity index (χ0v) is 27.6. The molecule has 0 fully saturated rings. The maximum atomic E-state index is 6.69. The third-order valence-electron chi connectivity index (χ3n) is 9.92. The molecule has 0 bridgehead atoms. The smallest absolute Gasteiger partial charge is 0.167 e. The Bertz CT molecular complexity index is 3190. The van der Waals surface area contributed by atoms with Crippen LogP contribution in [-0.4, -0.2) is 19.9 Å². The van der Waals surface area contributed by atoms with Gasteiger partial charge in [-0.2, -0.15) is 0 Å². The molecule has 242 valence electrons. The number of benzene rings is 7. The van der Waals surface area contributed by atoms with Gasteiger partial charge in [0.15, 0.2) is 17.5 Å². The van der Waals surface area contributed by atoms with Crippen LogP contribution in [0.4, 0.5) is 0 Å². The fourth-order valence-electron chi connectivity index (χ4n) is 7.49. The first kappa shape index (κ1) is 28.6. The van der Waals surface area contributed by atoms with Gasteiger partial charge in [-0.05, 0) is 53.2 Å². The second kappa shape index (κ2) is 11.2. The van der Waals surface area contributed by atoms with Gasteiger partial charge in [0.25, 0.3) is 0 Å². The lowest BCUT2D eigenvalue weighted by molar-refractivity contribution is 0.669. The summed E-state index contributed by atoms with van der Waals surface area (Å²) in [6.07, 6.45) is 0. The molecule has 0 spiro atoms. The van der Waals surface area contributed by atoms with Crippen molar-refractivity contribution in [1.82, 2.24) is 19.9 Å². The third kappa shape index (κ3) is 4.38. The largest absolute Gasteiger partial charge is 0.455 e. The van der Waals surface area contributed by atoms with Crippen molar-refractivity contribution in [1.29, 1.82) is 0 Å². The van der Waals surface area contributed by atoms with Crippen molar-refractivity contribution in [2.75, 3.05) is 0 Å². The van der Waals surface area contributed by atoms with Crippen molar-refractivity contribution in [3.63, 3.8) is 0 Å². The van der Waals surface area contributed by atoms with Gasteiger partial charge in [-0.25, -0.2) is 19.9 Å². The summed E-state index contributed by atoms with van der Waals surface area (Å²) in [5, 5.41) is 7.22. The van der Waals surface area contributed by atoms with E-state index in [0.717, 1.165) is 93.5 Å². The molecular weight excluding hydrogens is 641 g/mol. The molecule has 0 amide bonds. The Labute approximate surface area is 296 Å². The summed E-state index contributed by atoms with van der Waals surface area (Å²) in [5.74, 6) is 1.67. The van der Waals surface area contributed by atoms with E-state index in [1.165, 1.54) is 0 Å². The van der Waals surface area contributed by atoms with Gasteiger partial charge in [0, 0.05) is 38.2 Å². The Kier molecular flexibility index (Phi) is 6.15. The summed E-state index contributed by atoms with van der Waals surface area (Å²) < 4.78 is 13.1. The van der Waals surface area contributed by atoms with Crippen LogP contribution in [0.5, 0.6) is 0 Å². The molecule has 11 rings (SSSR count). The summed E-state index contributed by atoms with van der Waals surface area (Å²) in [7, 11) is 0. The van der Waals surface area contributed by atoms with Gasteiger partial charge in [-0.3, -0.25) is 0 Å². The molecule has 4 heterocycles. The molecule has 6 nitrogen and oxygen atoms in total. The first-order valence-corrected chi connectivity index (χ1v) is 17.2. The van der Waals surface area contributed by atoms with Crippen molar-refractivity contribution in [3.8, 4) is 45.4 Å². The van der Waals surface area contributed by atoms with Crippen molar-refractivity contribution in [3.05, 3.63) is 158 Å². The average Bonchev–Trinajstić information content (AvgIpc) is 3.79. The number of nitrogens with zero attached hydrogens (tertiary/aromatic N) is 4. The second-order valence-electron chi connectivity index (χ2n) is 13.0. The number of hydrogen-bond donors (Lipinski definition) is 0. The summed E-state index contributed by atoms with van der Waals surface area (Å²) in [6, 6.07) is 53.3. The Morgan fingerprint density at radius 1 is 0.365 bits per heavy atom. The highest BCUT2D eigenvalue weighted by Gasteiger charge is 2.22. The van der Waals surface area contributed by atoms with Crippen LogP contribution in [0, 0.1) is 0 Å². The van der Waals surface area contributed by atoms with Crippen LogP contribution < -0.4 is 0 Å². The summed E-state index contributed by atoms with van der Waals surface area (Å²) in [5.41, 5.74) is 8.48. The van der Waals surface area contributed by atoms with Gasteiger partial charge in [-0.15, -0.1) is 0 Å². The molecular formula is C46H26N4O2. The van der Waals surface area contributed by atoms with Crippen molar-refractivity contribution in [2.24, 2.45) is 0 Å². The van der Waals surface area contributed by atoms with Crippen LogP contribution >= 0.6 is 0 Å². The van der Waals surface area contributed by atoms with Crippen molar-refractivity contribution >= 4 is 65.6 Å². The molecule has 0 aliphatic carbocycles. The topological polar surface area (TPSA) is 77.8 Å².